The zero-order chi connectivity index (χ0) is 14.4. The molecule has 0 bridgehead atoms. The highest BCUT2D eigenvalue weighted by molar-refractivity contribution is 14.1. The minimum atomic E-state index is 0.325. The van der Waals surface area contributed by atoms with E-state index < -0.39 is 0 Å². The second-order valence-electron chi connectivity index (χ2n) is 5.07. The SMILES string of the molecule is CCCNC(c1cccc(CCC)c1)c1csc(I)c1. The lowest BCUT2D eigenvalue weighted by atomic mass is 9.98. The Morgan fingerprint density at radius 1 is 1.15 bits per heavy atom. The van der Waals surface area contributed by atoms with Crippen LogP contribution in [0, 0.1) is 2.88 Å². The molecule has 108 valence electrons. The Labute approximate surface area is 139 Å². The molecule has 0 saturated carbocycles. The summed E-state index contributed by atoms with van der Waals surface area (Å²) in [4.78, 5) is 0. The number of benzene rings is 1. The molecular formula is C17H22INS. The quantitative estimate of drug-likeness (QED) is 0.616. The maximum atomic E-state index is 3.69. The molecule has 1 unspecified atom stereocenters. The summed E-state index contributed by atoms with van der Waals surface area (Å²) >= 11 is 4.22. The van der Waals surface area contributed by atoms with Crippen LogP contribution in [0.5, 0.6) is 0 Å². The van der Waals surface area contributed by atoms with E-state index in [0.717, 1.165) is 19.4 Å². The van der Waals surface area contributed by atoms with E-state index in [-0.39, 0.29) is 0 Å². The number of halogens is 1. The second-order valence-corrected chi connectivity index (χ2v) is 7.87. The number of aryl methyl sites for hydroxylation is 1. The second kappa shape index (κ2) is 8.15. The lowest BCUT2D eigenvalue weighted by Gasteiger charge is -2.19. The summed E-state index contributed by atoms with van der Waals surface area (Å²) in [5, 5.41) is 5.97. The smallest absolute Gasteiger partial charge is 0.0656 e. The van der Waals surface area contributed by atoms with Gasteiger partial charge in [0.2, 0.25) is 0 Å². The van der Waals surface area contributed by atoms with E-state index in [2.05, 4.69) is 77.5 Å². The number of rotatable bonds is 7. The van der Waals surface area contributed by atoms with Gasteiger partial charge in [0, 0.05) is 0 Å². The zero-order valence-corrected chi connectivity index (χ0v) is 15.1. The summed E-state index contributed by atoms with van der Waals surface area (Å²) in [5.41, 5.74) is 4.22. The molecular weight excluding hydrogens is 377 g/mol. The third-order valence-corrected chi connectivity index (χ3v) is 5.15. The Hall–Kier alpha value is -0.390. The first-order valence-electron chi connectivity index (χ1n) is 7.30. The van der Waals surface area contributed by atoms with Gasteiger partial charge in [0.15, 0.2) is 0 Å². The first-order valence-corrected chi connectivity index (χ1v) is 9.26. The molecule has 0 aliphatic heterocycles. The van der Waals surface area contributed by atoms with Crippen molar-refractivity contribution in [3.05, 3.63) is 55.3 Å². The van der Waals surface area contributed by atoms with Crippen molar-refractivity contribution < 1.29 is 0 Å². The van der Waals surface area contributed by atoms with E-state index in [1.54, 1.807) is 0 Å². The molecule has 1 aromatic heterocycles. The Balaban J connectivity index is 2.28. The largest absolute Gasteiger partial charge is 0.306 e. The third kappa shape index (κ3) is 4.30. The highest BCUT2D eigenvalue weighted by atomic mass is 127. The Morgan fingerprint density at radius 3 is 2.65 bits per heavy atom. The molecule has 1 aromatic carbocycles. The maximum absolute atomic E-state index is 3.69. The van der Waals surface area contributed by atoms with Crippen molar-refractivity contribution >= 4 is 33.9 Å². The minimum Gasteiger partial charge on any atom is -0.306 e. The first kappa shape index (κ1) is 16.0. The van der Waals surface area contributed by atoms with Gasteiger partial charge >= 0.3 is 0 Å². The third-order valence-electron chi connectivity index (χ3n) is 3.34. The van der Waals surface area contributed by atoms with Crippen molar-refractivity contribution in [1.82, 2.24) is 5.32 Å². The van der Waals surface area contributed by atoms with Crippen LogP contribution in [-0.2, 0) is 6.42 Å². The molecule has 0 aliphatic rings. The number of nitrogens with one attached hydrogen (secondary N) is 1. The van der Waals surface area contributed by atoms with Crippen molar-refractivity contribution in [3.63, 3.8) is 0 Å². The number of thiophene rings is 1. The van der Waals surface area contributed by atoms with Gasteiger partial charge in [-0.15, -0.1) is 11.3 Å². The van der Waals surface area contributed by atoms with Gasteiger partial charge < -0.3 is 5.32 Å². The van der Waals surface area contributed by atoms with Gasteiger partial charge in [0.05, 0.1) is 8.93 Å². The molecule has 0 amide bonds. The van der Waals surface area contributed by atoms with Gasteiger partial charge in [-0.2, -0.15) is 0 Å². The summed E-state index contributed by atoms with van der Waals surface area (Å²) in [7, 11) is 0. The molecule has 0 saturated heterocycles. The minimum absolute atomic E-state index is 0.325. The van der Waals surface area contributed by atoms with Gasteiger partial charge in [-0.3, -0.25) is 0 Å². The standard InChI is InChI=1S/C17H22INS/c1-3-6-13-7-5-8-14(10-13)17(19-9-4-2)15-11-16(18)20-12-15/h5,7-8,10-12,17,19H,3-4,6,9H2,1-2H3. The van der Waals surface area contributed by atoms with Gasteiger partial charge in [0.1, 0.15) is 0 Å². The molecule has 2 aromatic rings. The van der Waals surface area contributed by atoms with E-state index in [9.17, 15) is 0 Å². The summed E-state index contributed by atoms with van der Waals surface area (Å²) in [5.74, 6) is 0. The zero-order valence-electron chi connectivity index (χ0n) is 12.2. The van der Waals surface area contributed by atoms with Crippen LogP contribution < -0.4 is 5.32 Å². The maximum Gasteiger partial charge on any atom is 0.0656 e. The van der Waals surface area contributed by atoms with Crippen molar-refractivity contribution in [2.75, 3.05) is 6.54 Å². The molecule has 2 rings (SSSR count). The monoisotopic (exact) mass is 399 g/mol. The van der Waals surface area contributed by atoms with Crippen LogP contribution in [0.4, 0.5) is 0 Å². The Bertz CT molecular complexity index is 535. The normalized spacial score (nSPS) is 12.6. The summed E-state index contributed by atoms with van der Waals surface area (Å²) in [6, 6.07) is 11.7. The molecule has 0 spiro atoms. The number of hydrogen-bond donors (Lipinski definition) is 1. The lowest BCUT2D eigenvalue weighted by molar-refractivity contribution is 0.599. The highest BCUT2D eigenvalue weighted by Crippen LogP contribution is 2.28. The van der Waals surface area contributed by atoms with Gasteiger partial charge in [0.25, 0.3) is 0 Å². The molecule has 1 heterocycles. The van der Waals surface area contributed by atoms with E-state index >= 15 is 0 Å². The molecule has 0 fully saturated rings. The fourth-order valence-corrected chi connectivity index (χ4v) is 3.81. The van der Waals surface area contributed by atoms with E-state index in [0.29, 0.717) is 6.04 Å². The molecule has 3 heteroatoms. The average molecular weight is 399 g/mol. The average Bonchev–Trinajstić information content (AvgIpc) is 2.87. The van der Waals surface area contributed by atoms with Crippen molar-refractivity contribution in [2.24, 2.45) is 0 Å². The molecule has 20 heavy (non-hydrogen) atoms. The first-order chi connectivity index (χ1) is 9.74. The van der Waals surface area contributed by atoms with Gasteiger partial charge in [-0.1, -0.05) is 44.5 Å². The van der Waals surface area contributed by atoms with Crippen LogP contribution in [0.25, 0.3) is 0 Å². The predicted octanol–water partition coefficient (Wildman–Crippen LogP) is 5.39. The van der Waals surface area contributed by atoms with Gasteiger partial charge in [-0.25, -0.2) is 0 Å². The van der Waals surface area contributed by atoms with Crippen molar-refractivity contribution in [1.29, 1.82) is 0 Å². The summed E-state index contributed by atoms with van der Waals surface area (Å²) < 4.78 is 1.35. The van der Waals surface area contributed by atoms with Gasteiger partial charge in [-0.05, 0) is 70.1 Å². The fourth-order valence-electron chi connectivity index (χ4n) is 2.41. The number of hydrogen-bond acceptors (Lipinski definition) is 2. The molecule has 0 aliphatic carbocycles. The van der Waals surface area contributed by atoms with Crippen molar-refractivity contribution in [3.8, 4) is 0 Å². The van der Waals surface area contributed by atoms with Crippen molar-refractivity contribution in [2.45, 2.75) is 39.2 Å². The van der Waals surface area contributed by atoms with Crippen LogP contribution in [0.15, 0.2) is 35.7 Å². The molecule has 0 radical (unpaired) electrons. The van der Waals surface area contributed by atoms with Crippen LogP contribution in [0.3, 0.4) is 0 Å². The topological polar surface area (TPSA) is 12.0 Å². The molecule has 1 N–H and O–H groups in total. The molecule has 1 nitrogen and oxygen atoms in total. The van der Waals surface area contributed by atoms with Crippen LogP contribution in [0.1, 0.15) is 49.4 Å². The Morgan fingerprint density at radius 2 is 2.00 bits per heavy atom. The lowest BCUT2D eigenvalue weighted by Crippen LogP contribution is -2.22. The van der Waals surface area contributed by atoms with Crippen LogP contribution >= 0.6 is 33.9 Å². The highest BCUT2D eigenvalue weighted by Gasteiger charge is 2.15. The van der Waals surface area contributed by atoms with E-state index in [4.69, 9.17) is 0 Å². The molecule has 1 atom stereocenters. The summed E-state index contributed by atoms with van der Waals surface area (Å²) in [6.07, 6.45) is 3.52. The Kier molecular flexibility index (Phi) is 6.52. The van der Waals surface area contributed by atoms with E-state index in [1.165, 1.54) is 26.0 Å². The summed E-state index contributed by atoms with van der Waals surface area (Å²) in [6.45, 7) is 5.50. The fraction of sp³-hybridized carbons (Fsp3) is 0.412. The van der Waals surface area contributed by atoms with E-state index in [1.807, 2.05) is 11.3 Å². The van der Waals surface area contributed by atoms with Crippen LogP contribution in [0.2, 0.25) is 0 Å². The van der Waals surface area contributed by atoms with Crippen LogP contribution in [-0.4, -0.2) is 6.54 Å². The predicted molar refractivity (Wildman–Crippen MR) is 97.6 cm³/mol.